The summed E-state index contributed by atoms with van der Waals surface area (Å²) in [6.45, 7) is 5.18. The molecule has 0 bridgehead atoms. The van der Waals surface area contributed by atoms with Gasteiger partial charge in [0.1, 0.15) is 0 Å². The molecule has 2 fully saturated rings. The number of rotatable bonds is 3. The van der Waals surface area contributed by atoms with Crippen LogP contribution in [0.1, 0.15) is 26.7 Å². The molecule has 2 unspecified atom stereocenters. The SMILES string of the molecule is CCC1(C)CN(C(=O)NC2CCN(CC(F)(F)F)C2)CCO1. The fraction of sp³-hybridized carbons (Fsp3) is 0.929. The molecule has 2 rings (SSSR count). The maximum Gasteiger partial charge on any atom is 0.401 e. The number of carbonyl (C=O) groups excluding carboxylic acids is 1. The summed E-state index contributed by atoms with van der Waals surface area (Å²) < 4.78 is 42.8. The van der Waals surface area contributed by atoms with Gasteiger partial charge in [0.25, 0.3) is 0 Å². The predicted octanol–water partition coefficient (Wildman–Crippen LogP) is 1.83. The number of amides is 2. The first-order chi connectivity index (χ1) is 10.2. The highest BCUT2D eigenvalue weighted by atomic mass is 19.4. The summed E-state index contributed by atoms with van der Waals surface area (Å²) in [7, 11) is 0. The van der Waals surface area contributed by atoms with E-state index in [9.17, 15) is 18.0 Å². The van der Waals surface area contributed by atoms with Crippen LogP contribution in [0.3, 0.4) is 0 Å². The predicted molar refractivity (Wildman–Crippen MR) is 75.7 cm³/mol. The first kappa shape index (κ1) is 17.3. The lowest BCUT2D eigenvalue weighted by Gasteiger charge is -2.40. The summed E-state index contributed by atoms with van der Waals surface area (Å²) >= 11 is 0. The number of carbonyl (C=O) groups is 1. The number of hydrogen-bond acceptors (Lipinski definition) is 3. The molecule has 0 saturated carbocycles. The molecule has 2 saturated heterocycles. The van der Waals surface area contributed by atoms with Crippen LogP contribution < -0.4 is 5.32 Å². The van der Waals surface area contributed by atoms with Crippen LogP contribution in [0.2, 0.25) is 0 Å². The Morgan fingerprint density at radius 3 is 2.77 bits per heavy atom. The summed E-state index contributed by atoms with van der Waals surface area (Å²) in [4.78, 5) is 15.3. The first-order valence-corrected chi connectivity index (χ1v) is 7.69. The monoisotopic (exact) mass is 323 g/mol. The van der Waals surface area contributed by atoms with E-state index >= 15 is 0 Å². The van der Waals surface area contributed by atoms with Gasteiger partial charge < -0.3 is 15.0 Å². The van der Waals surface area contributed by atoms with Gasteiger partial charge in [-0.05, 0) is 19.8 Å². The molecule has 2 aliphatic rings. The average Bonchev–Trinajstić information content (AvgIpc) is 2.83. The fourth-order valence-electron chi connectivity index (χ4n) is 2.93. The van der Waals surface area contributed by atoms with E-state index in [1.807, 2.05) is 13.8 Å². The number of urea groups is 1. The van der Waals surface area contributed by atoms with Crippen molar-refractivity contribution in [1.82, 2.24) is 15.1 Å². The Morgan fingerprint density at radius 1 is 1.41 bits per heavy atom. The third-order valence-corrected chi connectivity index (χ3v) is 4.38. The molecule has 5 nitrogen and oxygen atoms in total. The third-order valence-electron chi connectivity index (χ3n) is 4.38. The molecule has 0 spiro atoms. The minimum absolute atomic E-state index is 0.207. The second-order valence-corrected chi connectivity index (χ2v) is 6.36. The molecule has 1 N–H and O–H groups in total. The van der Waals surface area contributed by atoms with E-state index < -0.39 is 12.7 Å². The molecule has 2 heterocycles. The average molecular weight is 323 g/mol. The molecule has 0 aromatic carbocycles. The van der Waals surface area contributed by atoms with Crippen LogP contribution in [-0.2, 0) is 4.74 Å². The summed E-state index contributed by atoms with van der Waals surface area (Å²) in [6, 6.07) is -0.424. The number of alkyl halides is 3. The van der Waals surface area contributed by atoms with Crippen molar-refractivity contribution in [2.24, 2.45) is 0 Å². The van der Waals surface area contributed by atoms with E-state index in [4.69, 9.17) is 4.74 Å². The van der Waals surface area contributed by atoms with Crippen molar-refractivity contribution in [3.05, 3.63) is 0 Å². The minimum atomic E-state index is -4.19. The second kappa shape index (κ2) is 6.62. The van der Waals surface area contributed by atoms with Crippen molar-refractivity contribution in [2.45, 2.75) is 44.5 Å². The summed E-state index contributed by atoms with van der Waals surface area (Å²) in [5.74, 6) is 0. The van der Waals surface area contributed by atoms with Gasteiger partial charge in [-0.2, -0.15) is 13.2 Å². The smallest absolute Gasteiger partial charge is 0.372 e. The molecular weight excluding hydrogens is 299 g/mol. The van der Waals surface area contributed by atoms with Crippen LogP contribution in [-0.4, -0.2) is 73.0 Å². The van der Waals surface area contributed by atoms with Gasteiger partial charge in [0.05, 0.1) is 25.3 Å². The molecule has 8 heteroatoms. The quantitative estimate of drug-likeness (QED) is 0.862. The Labute approximate surface area is 128 Å². The summed E-state index contributed by atoms with van der Waals surface area (Å²) in [6.07, 6.45) is -2.83. The van der Waals surface area contributed by atoms with Crippen molar-refractivity contribution in [3.63, 3.8) is 0 Å². The lowest BCUT2D eigenvalue weighted by Crippen LogP contribution is -2.56. The molecule has 22 heavy (non-hydrogen) atoms. The van der Waals surface area contributed by atoms with Crippen LogP contribution in [0.4, 0.5) is 18.0 Å². The van der Waals surface area contributed by atoms with Gasteiger partial charge in [0.15, 0.2) is 0 Å². The highest BCUT2D eigenvalue weighted by Crippen LogP contribution is 2.22. The zero-order valence-corrected chi connectivity index (χ0v) is 13.1. The number of halogens is 3. The molecule has 0 aromatic heterocycles. The van der Waals surface area contributed by atoms with Crippen molar-refractivity contribution in [2.75, 3.05) is 39.3 Å². The van der Waals surface area contributed by atoms with Gasteiger partial charge in [-0.1, -0.05) is 6.92 Å². The Morgan fingerprint density at radius 2 is 2.14 bits per heavy atom. The van der Waals surface area contributed by atoms with Crippen molar-refractivity contribution in [1.29, 1.82) is 0 Å². The summed E-state index contributed by atoms with van der Waals surface area (Å²) in [5.41, 5.74) is -0.340. The standard InChI is InChI=1S/C14H24F3N3O2/c1-3-13(2)9-20(6-7-22-13)12(21)18-11-4-5-19(8-11)10-14(15,16)17/h11H,3-10H2,1-2H3,(H,18,21). The third kappa shape index (κ3) is 4.74. The minimum Gasteiger partial charge on any atom is -0.372 e. The van der Waals surface area contributed by atoms with Crippen LogP contribution in [0.15, 0.2) is 0 Å². The Bertz CT molecular complexity index is 405. The number of nitrogens with one attached hydrogen (secondary N) is 1. The highest BCUT2D eigenvalue weighted by Gasteiger charge is 2.36. The molecule has 2 aliphatic heterocycles. The highest BCUT2D eigenvalue weighted by molar-refractivity contribution is 5.74. The van der Waals surface area contributed by atoms with E-state index in [0.717, 1.165) is 6.42 Å². The number of nitrogens with zero attached hydrogens (tertiary/aromatic N) is 2. The van der Waals surface area contributed by atoms with Gasteiger partial charge in [0.2, 0.25) is 0 Å². The van der Waals surface area contributed by atoms with E-state index in [0.29, 0.717) is 32.7 Å². The van der Waals surface area contributed by atoms with Gasteiger partial charge >= 0.3 is 12.2 Å². The van der Waals surface area contributed by atoms with Crippen LogP contribution in [0.5, 0.6) is 0 Å². The Hall–Kier alpha value is -1.02. The van der Waals surface area contributed by atoms with Crippen LogP contribution in [0, 0.1) is 0 Å². The molecule has 0 aliphatic carbocycles. The Balaban J connectivity index is 1.80. The molecule has 2 atom stereocenters. The lowest BCUT2D eigenvalue weighted by molar-refractivity contribution is -0.143. The van der Waals surface area contributed by atoms with Crippen LogP contribution >= 0.6 is 0 Å². The van der Waals surface area contributed by atoms with Gasteiger partial charge in [-0.15, -0.1) is 0 Å². The van der Waals surface area contributed by atoms with Crippen molar-refractivity contribution >= 4 is 6.03 Å². The lowest BCUT2D eigenvalue weighted by atomic mass is 10.0. The second-order valence-electron chi connectivity index (χ2n) is 6.36. The van der Waals surface area contributed by atoms with E-state index in [1.165, 1.54) is 4.90 Å². The zero-order valence-electron chi connectivity index (χ0n) is 13.1. The van der Waals surface area contributed by atoms with E-state index in [1.54, 1.807) is 4.90 Å². The first-order valence-electron chi connectivity index (χ1n) is 7.69. The fourth-order valence-corrected chi connectivity index (χ4v) is 2.93. The number of ether oxygens (including phenoxy) is 1. The number of morpholine rings is 1. The molecule has 2 amide bonds. The number of likely N-dealkylation sites (tertiary alicyclic amines) is 1. The Kier molecular flexibility index (Phi) is 5.21. The topological polar surface area (TPSA) is 44.8 Å². The number of hydrogen-bond donors (Lipinski definition) is 1. The van der Waals surface area contributed by atoms with Gasteiger partial charge in [-0.3, -0.25) is 4.90 Å². The van der Waals surface area contributed by atoms with Gasteiger partial charge in [0, 0.05) is 25.7 Å². The maximum atomic E-state index is 12.4. The van der Waals surface area contributed by atoms with E-state index in [-0.39, 0.29) is 24.2 Å². The van der Waals surface area contributed by atoms with Crippen molar-refractivity contribution < 1.29 is 22.7 Å². The van der Waals surface area contributed by atoms with Crippen LogP contribution in [0.25, 0.3) is 0 Å². The van der Waals surface area contributed by atoms with Crippen molar-refractivity contribution in [3.8, 4) is 0 Å². The molecule has 0 aromatic rings. The normalized spacial score (nSPS) is 30.6. The maximum absolute atomic E-state index is 12.4. The van der Waals surface area contributed by atoms with E-state index in [2.05, 4.69) is 5.32 Å². The molecule has 128 valence electrons. The molecular formula is C14H24F3N3O2. The largest absolute Gasteiger partial charge is 0.401 e. The summed E-state index contributed by atoms with van der Waals surface area (Å²) in [5, 5.41) is 2.85. The molecule has 0 radical (unpaired) electrons. The zero-order chi connectivity index (χ0) is 16.4. The van der Waals surface area contributed by atoms with Gasteiger partial charge in [-0.25, -0.2) is 4.79 Å².